The van der Waals surface area contributed by atoms with Crippen LogP contribution in [0.4, 0.5) is 0 Å². The van der Waals surface area contributed by atoms with E-state index in [0.29, 0.717) is 11.5 Å². The summed E-state index contributed by atoms with van der Waals surface area (Å²) in [4.78, 5) is 10.1. The number of amidine groups is 1. The van der Waals surface area contributed by atoms with Crippen LogP contribution >= 0.6 is 0 Å². The summed E-state index contributed by atoms with van der Waals surface area (Å²) >= 11 is 0. The van der Waals surface area contributed by atoms with Crippen LogP contribution < -0.4 is 0 Å². The minimum atomic E-state index is -0.0536. The molecule has 0 amide bonds. The van der Waals surface area contributed by atoms with Crippen molar-refractivity contribution in [2.75, 3.05) is 0 Å². The molecule has 0 fully saturated rings. The molecule has 0 atom stereocenters. The van der Waals surface area contributed by atoms with Gasteiger partial charge in [-0.2, -0.15) is 0 Å². The van der Waals surface area contributed by atoms with Gasteiger partial charge >= 0.3 is 0 Å². The van der Waals surface area contributed by atoms with Crippen LogP contribution in [0.25, 0.3) is 66.6 Å². The van der Waals surface area contributed by atoms with Crippen molar-refractivity contribution < 1.29 is 0 Å². The van der Waals surface area contributed by atoms with E-state index in [0.717, 1.165) is 60.9 Å². The Labute approximate surface area is 372 Å². The molecule has 0 bridgehead atoms. The molecular formula is C60H53N3. The summed E-state index contributed by atoms with van der Waals surface area (Å²) in [7, 11) is 0. The third kappa shape index (κ3) is 7.32. The first kappa shape index (κ1) is 40.0. The number of allylic oxidation sites excluding steroid dienone is 4. The fourth-order valence-electron chi connectivity index (χ4n) is 10.3. The Balaban J connectivity index is 0.959. The number of para-hydroxylation sites is 2. The van der Waals surface area contributed by atoms with E-state index in [1.165, 1.54) is 72.0 Å². The topological polar surface area (TPSA) is 29.6 Å². The Morgan fingerprint density at radius 2 is 1.11 bits per heavy atom. The molecule has 0 N–H and O–H groups in total. The van der Waals surface area contributed by atoms with Gasteiger partial charge in [0.1, 0.15) is 0 Å². The van der Waals surface area contributed by atoms with Gasteiger partial charge in [-0.25, -0.2) is 9.98 Å². The highest BCUT2D eigenvalue weighted by Gasteiger charge is 2.42. The fraction of sp³-hybridized carbons (Fsp3) is 0.167. The number of hydrogen-bond acceptors (Lipinski definition) is 1. The Kier molecular flexibility index (Phi) is 10.8. The first-order valence-electron chi connectivity index (χ1n) is 22.7. The summed E-state index contributed by atoms with van der Waals surface area (Å²) in [6, 6.07) is 59.9. The number of benzene rings is 7. The quantitative estimate of drug-likeness (QED) is 0.0919. The zero-order valence-corrected chi connectivity index (χ0v) is 36.6. The van der Waals surface area contributed by atoms with Crippen molar-refractivity contribution in [2.45, 2.75) is 64.7 Å². The van der Waals surface area contributed by atoms with Gasteiger partial charge < -0.3 is 4.57 Å². The van der Waals surface area contributed by atoms with E-state index < -0.39 is 0 Å². The smallest absolute Gasteiger partial charge is 0.160 e. The molecule has 0 radical (unpaired) electrons. The highest BCUT2D eigenvalue weighted by Crippen LogP contribution is 2.55. The maximum absolute atomic E-state index is 5.03. The van der Waals surface area contributed by atoms with Crippen LogP contribution in [0.2, 0.25) is 0 Å². The normalized spacial score (nSPS) is 14.5. The fourth-order valence-corrected chi connectivity index (χ4v) is 10.3. The zero-order chi connectivity index (χ0) is 42.9. The van der Waals surface area contributed by atoms with Crippen molar-refractivity contribution in [1.82, 2.24) is 4.57 Å². The maximum atomic E-state index is 5.03. The Hall–Kier alpha value is -7.10. The van der Waals surface area contributed by atoms with Gasteiger partial charge in [-0.3, -0.25) is 0 Å². The van der Waals surface area contributed by atoms with Gasteiger partial charge in [0, 0.05) is 33.1 Å². The second-order valence-corrected chi connectivity index (χ2v) is 17.2. The van der Waals surface area contributed by atoms with Gasteiger partial charge in [-0.15, -0.1) is 0 Å². The maximum Gasteiger partial charge on any atom is 0.160 e. The van der Waals surface area contributed by atoms with E-state index in [1.807, 2.05) is 18.2 Å². The minimum absolute atomic E-state index is 0.0536. The van der Waals surface area contributed by atoms with Crippen LogP contribution in [0, 0.1) is 0 Å². The van der Waals surface area contributed by atoms with Gasteiger partial charge in [-0.05, 0) is 125 Å². The molecule has 1 heterocycles. The molecule has 63 heavy (non-hydrogen) atoms. The third-order valence-electron chi connectivity index (χ3n) is 13.3. The number of nitrogens with zero attached hydrogens (tertiary/aromatic N) is 3. The number of hydrogen-bond donors (Lipinski definition) is 0. The monoisotopic (exact) mass is 815 g/mol. The Morgan fingerprint density at radius 3 is 1.67 bits per heavy atom. The van der Waals surface area contributed by atoms with Crippen LogP contribution in [0.1, 0.15) is 81.5 Å². The first-order valence-corrected chi connectivity index (χ1v) is 22.7. The molecule has 0 saturated heterocycles. The predicted molar refractivity (Wildman–Crippen MR) is 269 cm³/mol. The summed E-state index contributed by atoms with van der Waals surface area (Å²) in [5, 5.41) is 2.56. The zero-order valence-electron chi connectivity index (χ0n) is 36.6. The summed E-state index contributed by atoms with van der Waals surface area (Å²) in [5.74, 6) is 0.669. The largest absolute Gasteiger partial charge is 0.309 e. The average Bonchev–Trinajstić information content (AvgIpc) is 3.81. The van der Waals surface area contributed by atoms with Crippen LogP contribution in [-0.4, -0.2) is 16.1 Å². The molecule has 0 unspecified atom stereocenters. The first-order chi connectivity index (χ1) is 31.0. The van der Waals surface area contributed by atoms with Crippen molar-refractivity contribution in [1.29, 1.82) is 0 Å². The third-order valence-corrected chi connectivity index (χ3v) is 13.3. The molecule has 10 rings (SSSR count). The van der Waals surface area contributed by atoms with E-state index in [-0.39, 0.29) is 5.41 Å². The van der Waals surface area contributed by atoms with Gasteiger partial charge in [0.25, 0.3) is 0 Å². The SMILES string of the molecule is C=C(/N=C(\N=C(/C)C1=CCCC=C1)c1ccccc1)c1ccc(-c2ccc3c(c2)C(CCC)(CCC)c2cc(-c4ccc(-n5c6ccccc6c6ccccc65)cc4)ccc2-3)cc1. The summed E-state index contributed by atoms with van der Waals surface area (Å²) in [6.07, 6.45) is 13.2. The van der Waals surface area contributed by atoms with Gasteiger partial charge in [0.2, 0.25) is 0 Å². The van der Waals surface area contributed by atoms with Crippen LogP contribution in [0.15, 0.2) is 204 Å². The lowest BCUT2D eigenvalue weighted by molar-refractivity contribution is 0.436. The van der Waals surface area contributed by atoms with E-state index in [9.17, 15) is 0 Å². The Bertz CT molecular complexity index is 3070. The number of aliphatic imine (C=N–C) groups is 2. The summed E-state index contributed by atoms with van der Waals surface area (Å²) < 4.78 is 2.39. The molecule has 7 aromatic carbocycles. The van der Waals surface area contributed by atoms with Gasteiger partial charge in [0.05, 0.1) is 16.7 Å². The number of rotatable bonds is 11. The average molecular weight is 816 g/mol. The van der Waals surface area contributed by atoms with Crippen LogP contribution in [-0.2, 0) is 5.41 Å². The van der Waals surface area contributed by atoms with E-state index >= 15 is 0 Å². The van der Waals surface area contributed by atoms with Gasteiger partial charge in [-0.1, -0.05) is 179 Å². The molecule has 2 aliphatic rings. The molecule has 2 aliphatic carbocycles. The van der Waals surface area contributed by atoms with Crippen molar-refractivity contribution in [3.63, 3.8) is 0 Å². The lowest BCUT2D eigenvalue weighted by atomic mass is 9.71. The lowest BCUT2D eigenvalue weighted by Crippen LogP contribution is -2.25. The van der Waals surface area contributed by atoms with Crippen molar-refractivity contribution >= 4 is 39.1 Å². The number of aromatic nitrogens is 1. The highest BCUT2D eigenvalue weighted by atomic mass is 15.0. The second kappa shape index (κ2) is 17.0. The summed E-state index contributed by atoms with van der Waals surface area (Å²) in [6.45, 7) is 11.2. The molecule has 1 aromatic heterocycles. The molecule has 0 spiro atoms. The van der Waals surface area contributed by atoms with Crippen molar-refractivity contribution in [3.05, 3.63) is 216 Å². The van der Waals surface area contributed by atoms with Crippen molar-refractivity contribution in [2.24, 2.45) is 9.98 Å². The van der Waals surface area contributed by atoms with Crippen molar-refractivity contribution in [3.8, 4) is 39.1 Å². The predicted octanol–water partition coefficient (Wildman–Crippen LogP) is 16.1. The lowest BCUT2D eigenvalue weighted by Gasteiger charge is -2.32. The molecule has 3 heteroatoms. The minimum Gasteiger partial charge on any atom is -0.309 e. The summed E-state index contributed by atoms with van der Waals surface area (Å²) in [5.41, 5.74) is 18.9. The highest BCUT2D eigenvalue weighted by molar-refractivity contribution is 6.13. The molecule has 3 nitrogen and oxygen atoms in total. The van der Waals surface area contributed by atoms with Crippen LogP contribution in [0.5, 0.6) is 0 Å². The van der Waals surface area contributed by atoms with Crippen LogP contribution in [0.3, 0.4) is 0 Å². The second-order valence-electron chi connectivity index (χ2n) is 17.2. The molecule has 8 aromatic rings. The Morgan fingerprint density at radius 1 is 0.571 bits per heavy atom. The molecular weight excluding hydrogens is 763 g/mol. The van der Waals surface area contributed by atoms with E-state index in [1.54, 1.807) is 0 Å². The molecule has 0 aliphatic heterocycles. The van der Waals surface area contributed by atoms with Gasteiger partial charge in [0.15, 0.2) is 5.84 Å². The molecule has 308 valence electrons. The molecule has 0 saturated carbocycles. The number of fused-ring (bicyclic) bond motifs is 6. The van der Waals surface area contributed by atoms with E-state index in [4.69, 9.17) is 9.98 Å². The standard InChI is InChI=1S/C60H53N3/c1-5-37-60(38-6-2)55-39-48(45-27-25-44(26-28-45)42(4)62-59(47-19-11-8-12-20-47)61-41(3)43-17-9-7-10-18-43)31-35-51(55)52-36-32-49(40-56(52)60)46-29-33-50(34-30-46)63-57-23-15-13-21-53(57)54-22-14-16-24-58(54)63/h8-9,11-36,39-40H,4-7,10,37-38H2,1-3H3/b61-41+,62-59-. The van der Waals surface area contributed by atoms with E-state index in [2.05, 4.69) is 196 Å².